The number of rotatable bonds is 7. The van der Waals surface area contributed by atoms with Crippen molar-refractivity contribution in [3.63, 3.8) is 0 Å². The molecular formula is C13H28N4O. The highest BCUT2D eigenvalue weighted by molar-refractivity contribution is 5.77. The predicted molar refractivity (Wildman–Crippen MR) is 74.4 cm³/mol. The first-order valence-electron chi connectivity index (χ1n) is 7.07. The summed E-state index contributed by atoms with van der Waals surface area (Å²) in [6.45, 7) is 11.5. The molecule has 0 saturated carbocycles. The van der Waals surface area contributed by atoms with E-state index in [2.05, 4.69) is 29.0 Å². The van der Waals surface area contributed by atoms with E-state index in [1.807, 2.05) is 0 Å². The summed E-state index contributed by atoms with van der Waals surface area (Å²) < 4.78 is 0. The Balaban J connectivity index is 2.17. The minimum atomic E-state index is 0.153. The van der Waals surface area contributed by atoms with Gasteiger partial charge < -0.3 is 16.0 Å². The quantitative estimate of drug-likeness (QED) is 0.658. The molecule has 106 valence electrons. The maximum absolute atomic E-state index is 11.6. The third-order valence-corrected chi connectivity index (χ3v) is 3.38. The van der Waals surface area contributed by atoms with Gasteiger partial charge in [-0.25, -0.2) is 0 Å². The Labute approximate surface area is 111 Å². The predicted octanol–water partition coefficient (Wildman–Crippen LogP) is -0.275. The summed E-state index contributed by atoms with van der Waals surface area (Å²) >= 11 is 0. The van der Waals surface area contributed by atoms with Crippen molar-refractivity contribution in [1.29, 1.82) is 0 Å². The van der Waals surface area contributed by atoms with Gasteiger partial charge in [-0.2, -0.15) is 0 Å². The van der Waals surface area contributed by atoms with Gasteiger partial charge in [-0.05, 0) is 18.9 Å². The lowest BCUT2D eigenvalue weighted by molar-refractivity contribution is -0.122. The van der Waals surface area contributed by atoms with E-state index >= 15 is 0 Å². The zero-order valence-corrected chi connectivity index (χ0v) is 11.8. The van der Waals surface area contributed by atoms with Gasteiger partial charge in [0.05, 0.1) is 6.54 Å². The van der Waals surface area contributed by atoms with Gasteiger partial charge in [-0.1, -0.05) is 13.8 Å². The number of amides is 1. The molecule has 0 aromatic carbocycles. The number of carbonyl (C=O) groups is 1. The maximum atomic E-state index is 11.6. The Hall–Kier alpha value is -0.650. The number of hydrogen-bond acceptors (Lipinski definition) is 4. The first-order chi connectivity index (χ1) is 8.65. The molecule has 5 heteroatoms. The zero-order chi connectivity index (χ0) is 13.4. The number of piperazine rings is 1. The second-order valence-electron chi connectivity index (χ2n) is 5.27. The molecule has 1 atom stereocenters. The minimum absolute atomic E-state index is 0.153. The Bertz CT molecular complexity index is 239. The van der Waals surface area contributed by atoms with Crippen LogP contribution in [0.1, 0.15) is 20.3 Å². The van der Waals surface area contributed by atoms with Gasteiger partial charge in [0.1, 0.15) is 0 Å². The van der Waals surface area contributed by atoms with Crippen molar-refractivity contribution in [1.82, 2.24) is 15.1 Å². The largest absolute Gasteiger partial charge is 0.355 e. The Kier molecular flexibility index (Phi) is 7.23. The van der Waals surface area contributed by atoms with Crippen molar-refractivity contribution < 1.29 is 4.79 Å². The maximum Gasteiger partial charge on any atom is 0.234 e. The van der Waals surface area contributed by atoms with Crippen molar-refractivity contribution in [2.45, 2.75) is 20.3 Å². The van der Waals surface area contributed by atoms with Gasteiger partial charge in [0, 0.05) is 39.3 Å². The number of nitrogens with zero attached hydrogens (tertiary/aromatic N) is 2. The average Bonchev–Trinajstić information content (AvgIpc) is 2.38. The second kappa shape index (κ2) is 8.45. The molecule has 18 heavy (non-hydrogen) atoms. The van der Waals surface area contributed by atoms with Crippen LogP contribution in [-0.2, 0) is 4.79 Å². The van der Waals surface area contributed by atoms with Crippen molar-refractivity contribution in [3.8, 4) is 0 Å². The summed E-state index contributed by atoms with van der Waals surface area (Å²) in [5.74, 6) is 0.713. The number of carbonyl (C=O) groups excluding carboxylic acids is 1. The lowest BCUT2D eigenvalue weighted by atomic mass is 10.1. The molecule has 1 amide bonds. The van der Waals surface area contributed by atoms with Gasteiger partial charge in [-0.3, -0.25) is 9.69 Å². The number of hydrogen-bond donors (Lipinski definition) is 2. The van der Waals surface area contributed by atoms with Crippen LogP contribution in [0.2, 0.25) is 0 Å². The minimum Gasteiger partial charge on any atom is -0.355 e. The third kappa shape index (κ3) is 5.80. The molecule has 5 nitrogen and oxygen atoms in total. The molecule has 0 bridgehead atoms. The van der Waals surface area contributed by atoms with E-state index in [1.54, 1.807) is 0 Å². The summed E-state index contributed by atoms with van der Waals surface area (Å²) in [4.78, 5) is 16.3. The van der Waals surface area contributed by atoms with Crippen LogP contribution in [-0.4, -0.2) is 68.1 Å². The Morgan fingerprint density at radius 1 is 1.28 bits per heavy atom. The van der Waals surface area contributed by atoms with Gasteiger partial charge in [0.15, 0.2) is 0 Å². The van der Waals surface area contributed by atoms with Crippen LogP contribution in [0, 0.1) is 5.92 Å². The molecule has 1 rings (SSSR count). The van der Waals surface area contributed by atoms with E-state index in [-0.39, 0.29) is 5.91 Å². The zero-order valence-electron chi connectivity index (χ0n) is 11.8. The molecule has 0 aromatic rings. The number of nitrogens with two attached hydrogens (primary N) is 1. The highest BCUT2D eigenvalue weighted by atomic mass is 16.2. The van der Waals surface area contributed by atoms with E-state index in [4.69, 9.17) is 5.73 Å². The van der Waals surface area contributed by atoms with E-state index in [0.717, 1.165) is 52.2 Å². The highest BCUT2D eigenvalue weighted by Gasteiger charge is 2.19. The molecule has 3 N–H and O–H groups in total. The monoisotopic (exact) mass is 256 g/mol. The molecule has 1 aliphatic rings. The molecule has 0 aromatic heterocycles. The van der Waals surface area contributed by atoms with Crippen molar-refractivity contribution in [3.05, 3.63) is 0 Å². The van der Waals surface area contributed by atoms with Crippen LogP contribution in [0.3, 0.4) is 0 Å². The van der Waals surface area contributed by atoms with Gasteiger partial charge in [-0.15, -0.1) is 0 Å². The van der Waals surface area contributed by atoms with Crippen LogP contribution in [0.25, 0.3) is 0 Å². The first-order valence-corrected chi connectivity index (χ1v) is 7.07. The molecular weight excluding hydrogens is 228 g/mol. The summed E-state index contributed by atoms with van der Waals surface area (Å²) in [6.07, 6.45) is 0.997. The van der Waals surface area contributed by atoms with Gasteiger partial charge in [0.25, 0.3) is 0 Å². The molecule has 0 aliphatic carbocycles. The van der Waals surface area contributed by atoms with Gasteiger partial charge >= 0.3 is 0 Å². The van der Waals surface area contributed by atoms with Crippen molar-refractivity contribution >= 4 is 5.91 Å². The normalized spacial score (nSPS) is 19.7. The molecule has 1 aliphatic heterocycles. The van der Waals surface area contributed by atoms with Crippen LogP contribution < -0.4 is 11.1 Å². The van der Waals surface area contributed by atoms with Crippen molar-refractivity contribution in [2.75, 3.05) is 52.4 Å². The van der Waals surface area contributed by atoms with E-state index < -0.39 is 0 Å². The van der Waals surface area contributed by atoms with Crippen molar-refractivity contribution in [2.24, 2.45) is 11.7 Å². The highest BCUT2D eigenvalue weighted by Crippen LogP contribution is 2.04. The molecule has 0 spiro atoms. The topological polar surface area (TPSA) is 61.6 Å². The fourth-order valence-corrected chi connectivity index (χ4v) is 2.17. The smallest absolute Gasteiger partial charge is 0.234 e. The Morgan fingerprint density at radius 3 is 2.44 bits per heavy atom. The lowest BCUT2D eigenvalue weighted by Crippen LogP contribution is -2.50. The SMILES string of the molecule is CCCNC(=O)CN1CCN(CC(C)CN)CC1. The summed E-state index contributed by atoms with van der Waals surface area (Å²) in [6, 6.07) is 0. The molecule has 1 saturated heterocycles. The summed E-state index contributed by atoms with van der Waals surface area (Å²) in [7, 11) is 0. The summed E-state index contributed by atoms with van der Waals surface area (Å²) in [5.41, 5.74) is 5.64. The van der Waals surface area contributed by atoms with Crippen LogP contribution in [0.15, 0.2) is 0 Å². The average molecular weight is 256 g/mol. The van der Waals surface area contributed by atoms with Gasteiger partial charge in [0.2, 0.25) is 5.91 Å². The third-order valence-electron chi connectivity index (χ3n) is 3.38. The van der Waals surface area contributed by atoms with Crippen LogP contribution in [0.5, 0.6) is 0 Å². The van der Waals surface area contributed by atoms with E-state index in [1.165, 1.54) is 0 Å². The van der Waals surface area contributed by atoms with Crippen LogP contribution >= 0.6 is 0 Å². The standard InChI is InChI=1S/C13H28N4O/c1-3-4-15-13(18)11-17-7-5-16(6-8-17)10-12(2)9-14/h12H,3-11,14H2,1-2H3,(H,15,18). The number of nitrogens with one attached hydrogen (secondary N) is 1. The van der Waals surface area contributed by atoms with E-state index in [0.29, 0.717) is 12.5 Å². The second-order valence-corrected chi connectivity index (χ2v) is 5.27. The summed E-state index contributed by atoms with van der Waals surface area (Å²) in [5, 5.41) is 2.92. The Morgan fingerprint density at radius 2 is 1.89 bits per heavy atom. The molecule has 0 radical (unpaired) electrons. The molecule has 1 heterocycles. The first kappa shape index (κ1) is 15.4. The van der Waals surface area contributed by atoms with E-state index in [9.17, 15) is 4.79 Å². The fraction of sp³-hybridized carbons (Fsp3) is 0.923. The molecule has 1 unspecified atom stereocenters. The fourth-order valence-electron chi connectivity index (χ4n) is 2.17. The van der Waals surface area contributed by atoms with Crippen LogP contribution in [0.4, 0.5) is 0 Å². The molecule has 1 fully saturated rings. The lowest BCUT2D eigenvalue weighted by Gasteiger charge is -2.35.